The van der Waals surface area contributed by atoms with Crippen LogP contribution in [-0.4, -0.2) is 60.1 Å². The van der Waals surface area contributed by atoms with E-state index in [0.29, 0.717) is 6.54 Å². The summed E-state index contributed by atoms with van der Waals surface area (Å²) in [6.07, 6.45) is 4.49. The summed E-state index contributed by atoms with van der Waals surface area (Å²) in [4.78, 5) is 16.3. The van der Waals surface area contributed by atoms with Gasteiger partial charge in [0.05, 0.1) is 6.61 Å². The molecule has 0 spiro atoms. The number of carbonyl (C=O) groups excluding carboxylic acids is 1. The van der Waals surface area contributed by atoms with E-state index in [2.05, 4.69) is 4.90 Å². The summed E-state index contributed by atoms with van der Waals surface area (Å²) in [7, 11) is 0. The van der Waals surface area contributed by atoms with E-state index in [1.165, 1.54) is 5.56 Å². The molecule has 114 valence electrons. The second-order valence-electron chi connectivity index (χ2n) is 5.49. The zero-order chi connectivity index (χ0) is 15.1. The first kappa shape index (κ1) is 15.7. The topological polar surface area (TPSA) is 43.8 Å². The van der Waals surface area contributed by atoms with Crippen molar-refractivity contribution in [2.45, 2.75) is 13.3 Å². The average molecular weight is 288 g/mol. The fourth-order valence-corrected chi connectivity index (χ4v) is 2.51. The fourth-order valence-electron chi connectivity index (χ4n) is 2.51. The van der Waals surface area contributed by atoms with Crippen LogP contribution in [0.2, 0.25) is 0 Å². The van der Waals surface area contributed by atoms with Gasteiger partial charge in [-0.05, 0) is 31.5 Å². The highest BCUT2D eigenvalue weighted by atomic mass is 16.3. The lowest BCUT2D eigenvalue weighted by Crippen LogP contribution is -2.35. The monoisotopic (exact) mass is 288 g/mol. The van der Waals surface area contributed by atoms with Crippen LogP contribution in [0.4, 0.5) is 0 Å². The molecule has 2 rings (SSSR count). The van der Waals surface area contributed by atoms with Crippen molar-refractivity contribution in [1.82, 2.24) is 9.80 Å². The lowest BCUT2D eigenvalue weighted by Gasteiger charge is -2.20. The van der Waals surface area contributed by atoms with Gasteiger partial charge in [0.15, 0.2) is 0 Å². The molecule has 1 aromatic rings. The molecule has 0 atom stereocenters. The Labute approximate surface area is 126 Å². The Balaban J connectivity index is 1.89. The van der Waals surface area contributed by atoms with Crippen LogP contribution < -0.4 is 0 Å². The van der Waals surface area contributed by atoms with Crippen molar-refractivity contribution in [1.29, 1.82) is 0 Å². The number of rotatable bonds is 4. The van der Waals surface area contributed by atoms with Crippen LogP contribution in [0, 0.1) is 6.92 Å². The molecule has 1 heterocycles. The van der Waals surface area contributed by atoms with E-state index in [1.54, 1.807) is 6.08 Å². The van der Waals surface area contributed by atoms with Crippen LogP contribution in [0.1, 0.15) is 17.5 Å². The maximum atomic E-state index is 12.2. The number of hydrogen-bond acceptors (Lipinski definition) is 3. The zero-order valence-corrected chi connectivity index (χ0v) is 12.7. The number of aryl methyl sites for hydroxylation is 1. The van der Waals surface area contributed by atoms with E-state index >= 15 is 0 Å². The normalized spacial score (nSPS) is 17.1. The maximum absolute atomic E-state index is 12.2. The third-order valence-corrected chi connectivity index (χ3v) is 3.81. The number of amides is 1. The van der Waals surface area contributed by atoms with Gasteiger partial charge >= 0.3 is 0 Å². The zero-order valence-electron chi connectivity index (χ0n) is 12.7. The summed E-state index contributed by atoms with van der Waals surface area (Å²) < 4.78 is 0. The standard InChI is InChI=1S/C17H24N2O2/c1-15-3-5-16(6-4-15)7-8-17(21)19-10-2-9-18(11-12-19)13-14-20/h3-8,20H,2,9-14H2,1H3. The number of β-amino-alcohol motifs (C(OH)–C–C–N with tert-alkyl or cyclic N) is 1. The van der Waals surface area contributed by atoms with Gasteiger partial charge in [0.1, 0.15) is 0 Å². The Morgan fingerprint density at radius 2 is 1.95 bits per heavy atom. The summed E-state index contributed by atoms with van der Waals surface area (Å²) >= 11 is 0. The first-order valence-electron chi connectivity index (χ1n) is 7.56. The quantitative estimate of drug-likeness (QED) is 0.855. The van der Waals surface area contributed by atoms with E-state index in [1.807, 2.05) is 42.2 Å². The van der Waals surface area contributed by atoms with Gasteiger partial charge in [-0.1, -0.05) is 29.8 Å². The predicted octanol–water partition coefficient (Wildman–Crippen LogP) is 1.53. The summed E-state index contributed by atoms with van der Waals surface area (Å²) in [5.74, 6) is 0.0708. The van der Waals surface area contributed by atoms with Crippen molar-refractivity contribution in [2.24, 2.45) is 0 Å². The van der Waals surface area contributed by atoms with Crippen molar-refractivity contribution in [3.05, 3.63) is 41.5 Å². The largest absolute Gasteiger partial charge is 0.395 e. The van der Waals surface area contributed by atoms with Gasteiger partial charge in [0.2, 0.25) is 5.91 Å². The number of benzene rings is 1. The van der Waals surface area contributed by atoms with E-state index in [9.17, 15) is 4.79 Å². The molecule has 1 N–H and O–H groups in total. The lowest BCUT2D eigenvalue weighted by atomic mass is 10.1. The van der Waals surface area contributed by atoms with Crippen LogP contribution in [0.25, 0.3) is 6.08 Å². The summed E-state index contributed by atoms with van der Waals surface area (Å²) in [5, 5.41) is 8.98. The highest BCUT2D eigenvalue weighted by Gasteiger charge is 2.16. The third-order valence-electron chi connectivity index (χ3n) is 3.81. The molecule has 21 heavy (non-hydrogen) atoms. The molecular formula is C17H24N2O2. The molecule has 1 saturated heterocycles. The fraction of sp³-hybridized carbons (Fsp3) is 0.471. The smallest absolute Gasteiger partial charge is 0.246 e. The van der Waals surface area contributed by atoms with Crippen LogP contribution in [-0.2, 0) is 4.79 Å². The van der Waals surface area contributed by atoms with Gasteiger partial charge in [-0.15, -0.1) is 0 Å². The minimum atomic E-state index is 0.0708. The van der Waals surface area contributed by atoms with Crippen molar-refractivity contribution in [3.63, 3.8) is 0 Å². The minimum Gasteiger partial charge on any atom is -0.395 e. The Morgan fingerprint density at radius 3 is 2.67 bits per heavy atom. The number of carbonyl (C=O) groups is 1. The second-order valence-corrected chi connectivity index (χ2v) is 5.49. The Hall–Kier alpha value is -1.65. The van der Waals surface area contributed by atoms with Gasteiger partial charge in [-0.3, -0.25) is 9.69 Å². The molecule has 1 aromatic carbocycles. The molecule has 1 aliphatic rings. The molecule has 0 bridgehead atoms. The maximum Gasteiger partial charge on any atom is 0.246 e. The molecule has 1 aliphatic heterocycles. The minimum absolute atomic E-state index is 0.0708. The first-order valence-corrected chi connectivity index (χ1v) is 7.56. The SMILES string of the molecule is Cc1ccc(C=CC(=O)N2CCCN(CCO)CC2)cc1. The molecule has 0 aliphatic carbocycles. The molecule has 0 radical (unpaired) electrons. The first-order chi connectivity index (χ1) is 10.2. The van der Waals surface area contributed by atoms with E-state index in [0.717, 1.165) is 38.2 Å². The van der Waals surface area contributed by atoms with Crippen LogP contribution in [0.3, 0.4) is 0 Å². The van der Waals surface area contributed by atoms with Gasteiger partial charge in [0.25, 0.3) is 0 Å². The molecule has 4 heteroatoms. The number of nitrogens with zero attached hydrogens (tertiary/aromatic N) is 2. The molecule has 0 aromatic heterocycles. The van der Waals surface area contributed by atoms with E-state index in [4.69, 9.17) is 5.11 Å². The molecule has 0 unspecified atom stereocenters. The number of aliphatic hydroxyl groups excluding tert-OH is 1. The van der Waals surface area contributed by atoms with Crippen molar-refractivity contribution >= 4 is 12.0 Å². The van der Waals surface area contributed by atoms with Gasteiger partial charge in [-0.2, -0.15) is 0 Å². The van der Waals surface area contributed by atoms with Crippen molar-refractivity contribution in [3.8, 4) is 0 Å². The Morgan fingerprint density at radius 1 is 1.19 bits per heavy atom. The number of hydrogen-bond donors (Lipinski definition) is 1. The summed E-state index contributed by atoms with van der Waals surface area (Å²) in [6.45, 7) is 6.24. The molecule has 4 nitrogen and oxygen atoms in total. The van der Waals surface area contributed by atoms with Gasteiger partial charge < -0.3 is 10.0 Å². The highest BCUT2D eigenvalue weighted by molar-refractivity contribution is 5.91. The van der Waals surface area contributed by atoms with Gasteiger partial charge in [0, 0.05) is 32.3 Å². The molecule has 1 fully saturated rings. The van der Waals surface area contributed by atoms with Crippen molar-refractivity contribution < 1.29 is 9.90 Å². The Kier molecular flexibility index (Phi) is 5.96. The van der Waals surface area contributed by atoms with Crippen LogP contribution in [0.15, 0.2) is 30.3 Å². The lowest BCUT2D eigenvalue weighted by molar-refractivity contribution is -0.125. The van der Waals surface area contributed by atoms with Gasteiger partial charge in [-0.25, -0.2) is 0 Å². The van der Waals surface area contributed by atoms with E-state index < -0.39 is 0 Å². The summed E-state index contributed by atoms with van der Waals surface area (Å²) in [6, 6.07) is 8.13. The highest BCUT2D eigenvalue weighted by Crippen LogP contribution is 2.07. The third kappa shape index (κ3) is 4.99. The summed E-state index contributed by atoms with van der Waals surface area (Å²) in [5.41, 5.74) is 2.26. The average Bonchev–Trinajstić information content (AvgIpc) is 2.72. The van der Waals surface area contributed by atoms with Crippen LogP contribution in [0.5, 0.6) is 0 Å². The number of aliphatic hydroxyl groups is 1. The molecule has 1 amide bonds. The Bertz CT molecular complexity index is 482. The van der Waals surface area contributed by atoms with Crippen molar-refractivity contribution in [2.75, 3.05) is 39.3 Å². The second kappa shape index (κ2) is 7.96. The van der Waals surface area contributed by atoms with Crippen LogP contribution >= 0.6 is 0 Å². The molecular weight excluding hydrogens is 264 g/mol. The molecule has 0 saturated carbocycles. The van der Waals surface area contributed by atoms with E-state index in [-0.39, 0.29) is 12.5 Å². The predicted molar refractivity (Wildman–Crippen MR) is 84.9 cm³/mol.